The number of pyridine rings is 1. The number of rotatable bonds is 0. The monoisotopic (exact) mass is 458 g/mol. The van der Waals surface area contributed by atoms with Crippen LogP contribution in [0.2, 0.25) is 0 Å². The van der Waals surface area contributed by atoms with Crippen LogP contribution >= 0.6 is 22.9 Å². The largest absolute Gasteiger partial charge is 0.382 e. The van der Waals surface area contributed by atoms with Gasteiger partial charge < -0.3 is 15.1 Å². The van der Waals surface area contributed by atoms with Gasteiger partial charge in [0.2, 0.25) is 0 Å². The van der Waals surface area contributed by atoms with E-state index in [0.29, 0.717) is 29.1 Å². The van der Waals surface area contributed by atoms with Crippen molar-refractivity contribution in [2.45, 2.75) is 32.4 Å². The minimum absolute atomic E-state index is 0.180. The zero-order valence-electron chi connectivity index (χ0n) is 14.4. The first-order valence-electron chi connectivity index (χ1n) is 8.38. The highest BCUT2D eigenvalue weighted by Crippen LogP contribution is 2.37. The summed E-state index contributed by atoms with van der Waals surface area (Å²) in [5, 5.41) is 3.82. The maximum Gasteiger partial charge on any atom is 0.360 e. The number of aryl methyl sites for hydroxylation is 1. The van der Waals surface area contributed by atoms with Crippen LogP contribution in [0.3, 0.4) is 0 Å². The van der Waals surface area contributed by atoms with Crippen LogP contribution in [0.1, 0.15) is 19.0 Å². The highest BCUT2D eigenvalue weighted by atomic mass is 127. The van der Waals surface area contributed by atoms with Gasteiger partial charge in [-0.3, -0.25) is 0 Å². The molecule has 0 radical (unpaired) electrons. The number of halogens is 2. The van der Waals surface area contributed by atoms with Gasteiger partial charge in [-0.1, -0.05) is 0 Å². The number of anilines is 2. The molecule has 1 fully saturated rings. The Morgan fingerprint density at radius 2 is 2.08 bits per heavy atom. The van der Waals surface area contributed by atoms with Crippen LogP contribution in [0.5, 0.6) is 0 Å². The highest BCUT2D eigenvalue weighted by molar-refractivity contribution is 14.1. The van der Waals surface area contributed by atoms with Crippen LogP contribution in [0.25, 0.3) is 11.0 Å². The van der Waals surface area contributed by atoms with Gasteiger partial charge in [-0.2, -0.15) is 4.98 Å². The quantitative estimate of drug-likeness (QED) is 0.608. The average Bonchev–Trinajstić information content (AvgIpc) is 2.53. The predicted molar refractivity (Wildman–Crippen MR) is 104 cm³/mol. The van der Waals surface area contributed by atoms with E-state index in [4.69, 9.17) is 0 Å². The van der Waals surface area contributed by atoms with Crippen LogP contribution in [0, 0.1) is 12.7 Å². The first-order valence-corrected chi connectivity index (χ1v) is 9.34. The fourth-order valence-corrected chi connectivity index (χ4v) is 4.51. The van der Waals surface area contributed by atoms with E-state index in [1.807, 2.05) is 22.9 Å². The van der Waals surface area contributed by atoms with Gasteiger partial charge in [-0.15, -0.1) is 0 Å². The number of likely N-dealkylation sites (N-methyl/N-ethyl adjacent to an activating group) is 1. The molecule has 0 aliphatic carbocycles. The molecule has 134 valence electrons. The second-order valence-corrected chi connectivity index (χ2v) is 7.90. The summed E-state index contributed by atoms with van der Waals surface area (Å²) in [6.07, 6.45) is 0.853. The molecule has 7 nitrogen and oxygen atoms in total. The molecule has 4 rings (SSSR count). The van der Waals surface area contributed by atoms with Gasteiger partial charge in [0, 0.05) is 31.7 Å². The predicted octanol–water partition coefficient (Wildman–Crippen LogP) is 1.76. The fourth-order valence-electron chi connectivity index (χ4n) is 4.05. The van der Waals surface area contributed by atoms with Crippen molar-refractivity contribution < 1.29 is 4.39 Å². The fraction of sp³-hybridized carbons (Fsp3) is 0.562. The van der Waals surface area contributed by atoms with E-state index >= 15 is 0 Å². The molecule has 0 amide bonds. The van der Waals surface area contributed by atoms with E-state index in [1.54, 1.807) is 6.92 Å². The number of hydrogen-bond acceptors (Lipinski definition) is 6. The van der Waals surface area contributed by atoms with Crippen molar-refractivity contribution >= 4 is 45.4 Å². The Morgan fingerprint density at radius 1 is 1.32 bits per heavy atom. The third-order valence-electron chi connectivity index (χ3n) is 5.05. The molecule has 4 heterocycles. The van der Waals surface area contributed by atoms with Crippen molar-refractivity contribution in [3.8, 4) is 0 Å². The maximum atomic E-state index is 14.8. The number of nitrogens with one attached hydrogen (secondary N) is 1. The number of nitrogens with zero attached hydrogens (tertiary/aromatic N) is 5. The zero-order valence-corrected chi connectivity index (χ0v) is 16.5. The second kappa shape index (κ2) is 6.04. The molecule has 0 spiro atoms. The maximum absolute atomic E-state index is 14.8. The van der Waals surface area contributed by atoms with E-state index in [1.165, 1.54) is 2.78 Å². The average molecular weight is 458 g/mol. The third-order valence-corrected chi connectivity index (χ3v) is 5.92. The summed E-state index contributed by atoms with van der Waals surface area (Å²) in [4.78, 5) is 25.6. The number of piperazine rings is 1. The zero-order chi connectivity index (χ0) is 17.9. The van der Waals surface area contributed by atoms with Gasteiger partial charge in [0.15, 0.2) is 11.5 Å². The first kappa shape index (κ1) is 17.0. The van der Waals surface area contributed by atoms with Crippen LogP contribution in [0.4, 0.5) is 15.9 Å². The number of fused-ring (bicyclic) bond motifs is 2. The van der Waals surface area contributed by atoms with Crippen LogP contribution in [-0.4, -0.2) is 56.4 Å². The summed E-state index contributed by atoms with van der Waals surface area (Å²) in [6, 6.07) is 0.401. The van der Waals surface area contributed by atoms with Gasteiger partial charge in [0.25, 0.3) is 0 Å². The summed E-state index contributed by atoms with van der Waals surface area (Å²) >= 11 is 1.89. The Hall–Kier alpha value is -1.49. The van der Waals surface area contributed by atoms with Gasteiger partial charge in [-0.05, 0) is 27.3 Å². The Morgan fingerprint density at radius 3 is 2.84 bits per heavy atom. The van der Waals surface area contributed by atoms with Crippen molar-refractivity contribution in [1.82, 2.24) is 17.6 Å². The van der Waals surface area contributed by atoms with Gasteiger partial charge in [0.1, 0.15) is 5.82 Å². The molecule has 25 heavy (non-hydrogen) atoms. The van der Waals surface area contributed by atoms with Crippen molar-refractivity contribution in [3.05, 3.63) is 22.0 Å². The molecule has 1 N–H and O–H groups in total. The Kier molecular flexibility index (Phi) is 4.10. The Labute approximate surface area is 158 Å². The molecule has 0 aromatic carbocycles. The molecule has 2 aliphatic rings. The molecule has 0 saturated carbocycles. The van der Waals surface area contributed by atoms with Crippen molar-refractivity contribution in [3.63, 3.8) is 0 Å². The van der Waals surface area contributed by atoms with E-state index in [-0.39, 0.29) is 29.3 Å². The van der Waals surface area contributed by atoms with Gasteiger partial charge in [-0.25, -0.2) is 16.9 Å². The van der Waals surface area contributed by atoms with Crippen LogP contribution < -0.4 is 15.9 Å². The molecular formula is C16H20FIN6O. The van der Waals surface area contributed by atoms with Gasteiger partial charge in [0.05, 0.1) is 39.6 Å². The molecule has 2 aromatic heterocycles. The minimum Gasteiger partial charge on any atom is -0.382 e. The number of aromatic nitrogens is 3. The third kappa shape index (κ3) is 2.59. The molecular weight excluding hydrogens is 438 g/mol. The lowest BCUT2D eigenvalue weighted by Gasteiger charge is -2.46. The second-order valence-electron chi connectivity index (χ2n) is 6.93. The van der Waals surface area contributed by atoms with E-state index < -0.39 is 0 Å². The molecule has 1 saturated heterocycles. The van der Waals surface area contributed by atoms with E-state index in [9.17, 15) is 9.18 Å². The topological polar surface area (TPSA) is 66.3 Å². The summed E-state index contributed by atoms with van der Waals surface area (Å²) in [5.41, 5.74) is 0.766. The van der Waals surface area contributed by atoms with E-state index in [0.717, 1.165) is 19.5 Å². The van der Waals surface area contributed by atoms with Gasteiger partial charge >= 0.3 is 5.69 Å². The summed E-state index contributed by atoms with van der Waals surface area (Å²) < 4.78 is 16.2. The standard InChI is InChI=1S/C16H20FIN6O/c1-8-6-22(3)7-10-4-5-19-13-11-14(23(8)10)21-16(25)24(18)15(11)20-9(2)12(13)17/h8,10,19H,4-7H2,1-3H3. The normalized spacial score (nSPS) is 23.8. The lowest BCUT2D eigenvalue weighted by atomic mass is 10.0. The molecule has 9 heteroatoms. The summed E-state index contributed by atoms with van der Waals surface area (Å²) in [5.74, 6) is 0.179. The molecule has 2 atom stereocenters. The van der Waals surface area contributed by atoms with Crippen LogP contribution in [-0.2, 0) is 0 Å². The molecule has 2 aromatic rings. The van der Waals surface area contributed by atoms with E-state index in [2.05, 4.69) is 39.1 Å². The van der Waals surface area contributed by atoms with Crippen LogP contribution in [0.15, 0.2) is 4.79 Å². The first-order chi connectivity index (χ1) is 11.9. The lowest BCUT2D eigenvalue weighted by Crippen LogP contribution is -2.58. The van der Waals surface area contributed by atoms with Crippen molar-refractivity contribution in [1.29, 1.82) is 0 Å². The highest BCUT2D eigenvalue weighted by Gasteiger charge is 2.35. The lowest BCUT2D eigenvalue weighted by molar-refractivity contribution is 0.227. The van der Waals surface area contributed by atoms with Crippen molar-refractivity contribution in [2.24, 2.45) is 0 Å². The smallest absolute Gasteiger partial charge is 0.360 e. The number of hydrogen-bond donors (Lipinski definition) is 1. The molecule has 2 unspecified atom stereocenters. The Bertz CT molecular complexity index is 916. The summed E-state index contributed by atoms with van der Waals surface area (Å²) in [6.45, 7) is 6.17. The molecule has 0 bridgehead atoms. The Balaban J connectivity index is 2.08. The van der Waals surface area contributed by atoms with Crippen molar-refractivity contribution in [2.75, 3.05) is 36.9 Å². The SMILES string of the molecule is Cc1nc2c3c(nc(=O)n2I)N2C(C)CN(C)CC2CCNc3c1F. The molecule has 2 aliphatic heterocycles. The summed E-state index contributed by atoms with van der Waals surface area (Å²) in [7, 11) is 2.10. The minimum atomic E-state index is -0.377.